The van der Waals surface area contributed by atoms with Crippen LogP contribution in [0, 0.1) is 0 Å². The highest BCUT2D eigenvalue weighted by atomic mass is 79.9. The van der Waals surface area contributed by atoms with Crippen molar-refractivity contribution in [3.63, 3.8) is 0 Å². The third kappa shape index (κ3) is 6.36. The van der Waals surface area contributed by atoms with E-state index in [0.29, 0.717) is 13.2 Å². The van der Waals surface area contributed by atoms with Gasteiger partial charge < -0.3 is 9.84 Å². The zero-order chi connectivity index (χ0) is 14.3. The number of nitrogens with zero attached hydrogens (tertiary/aromatic N) is 1. The molecule has 1 aromatic carbocycles. The summed E-state index contributed by atoms with van der Waals surface area (Å²) in [7, 11) is 3.61. The van der Waals surface area contributed by atoms with Crippen molar-refractivity contribution in [1.82, 2.24) is 4.90 Å². The van der Waals surface area contributed by atoms with Crippen molar-refractivity contribution in [3.8, 4) is 0 Å². The molecule has 3 nitrogen and oxygen atoms in total. The molecule has 0 fully saturated rings. The molecule has 108 valence electrons. The molecule has 0 aromatic heterocycles. The summed E-state index contributed by atoms with van der Waals surface area (Å²) in [5.41, 5.74) is 3.81. The highest BCUT2D eigenvalue weighted by Crippen LogP contribution is 2.17. The highest BCUT2D eigenvalue weighted by Gasteiger charge is 2.09. The van der Waals surface area contributed by atoms with Gasteiger partial charge in [0.1, 0.15) is 0 Å². The van der Waals surface area contributed by atoms with Crippen LogP contribution in [0.3, 0.4) is 0 Å². The fourth-order valence-corrected chi connectivity index (χ4v) is 2.71. The lowest BCUT2D eigenvalue weighted by Gasteiger charge is -2.20. The van der Waals surface area contributed by atoms with Crippen LogP contribution < -0.4 is 0 Å². The molecular weight excluding hydrogens is 374 g/mol. The molecule has 1 aromatic rings. The smallest absolute Gasteiger partial charge is 0.0900 e. The van der Waals surface area contributed by atoms with Gasteiger partial charge in [-0.3, -0.25) is 4.90 Å². The van der Waals surface area contributed by atoms with Crippen LogP contribution in [-0.4, -0.2) is 43.4 Å². The normalized spacial score (nSPS) is 12.9. The summed E-state index contributed by atoms with van der Waals surface area (Å²) in [6.45, 7) is 1.80. The summed E-state index contributed by atoms with van der Waals surface area (Å²) in [5.74, 6) is 0. The lowest BCUT2D eigenvalue weighted by molar-refractivity contribution is 0.0419. The number of halogens is 2. The molecule has 19 heavy (non-hydrogen) atoms. The van der Waals surface area contributed by atoms with Crippen LogP contribution >= 0.6 is 31.9 Å². The average molecular weight is 395 g/mol. The molecule has 0 aliphatic heterocycles. The first-order valence-corrected chi connectivity index (χ1v) is 8.42. The lowest BCUT2D eigenvalue weighted by Crippen LogP contribution is -2.31. The Morgan fingerprint density at radius 1 is 1.16 bits per heavy atom. The molecule has 1 unspecified atom stereocenters. The number of hydrogen-bond acceptors (Lipinski definition) is 3. The number of likely N-dealkylation sites (N-methyl/N-ethyl adjacent to an activating group) is 1. The van der Waals surface area contributed by atoms with Crippen molar-refractivity contribution in [2.75, 3.05) is 27.3 Å². The summed E-state index contributed by atoms with van der Waals surface area (Å²) in [4.78, 5) is 2.11. The Bertz CT molecular complexity index is 365. The first-order valence-electron chi connectivity index (χ1n) is 6.18. The second-order valence-corrected chi connectivity index (χ2v) is 5.85. The van der Waals surface area contributed by atoms with E-state index in [1.807, 2.05) is 7.05 Å². The van der Waals surface area contributed by atoms with Gasteiger partial charge in [-0.2, -0.15) is 0 Å². The Morgan fingerprint density at radius 2 is 1.68 bits per heavy atom. The highest BCUT2D eigenvalue weighted by molar-refractivity contribution is 9.08. The van der Waals surface area contributed by atoms with Crippen molar-refractivity contribution in [1.29, 1.82) is 0 Å². The molecule has 1 N–H and O–H groups in total. The fraction of sp³-hybridized carbons (Fsp3) is 0.571. The van der Waals surface area contributed by atoms with Gasteiger partial charge in [0.25, 0.3) is 0 Å². The van der Waals surface area contributed by atoms with Crippen LogP contribution in [0.5, 0.6) is 0 Å². The maximum Gasteiger partial charge on any atom is 0.0900 e. The minimum absolute atomic E-state index is 0.373. The largest absolute Gasteiger partial charge is 0.389 e. The number of benzene rings is 1. The second-order valence-electron chi connectivity index (χ2n) is 4.73. The third-order valence-corrected chi connectivity index (χ3v) is 4.05. The van der Waals surface area contributed by atoms with Crippen LogP contribution in [0.2, 0.25) is 0 Å². The first kappa shape index (κ1) is 17.1. The van der Waals surface area contributed by atoms with E-state index in [2.05, 4.69) is 55.0 Å². The van der Waals surface area contributed by atoms with Crippen LogP contribution in [0.25, 0.3) is 0 Å². The summed E-state index contributed by atoms with van der Waals surface area (Å²) >= 11 is 6.99. The van der Waals surface area contributed by atoms with Gasteiger partial charge in [0.15, 0.2) is 0 Å². The molecule has 0 aliphatic rings. The Morgan fingerprint density at radius 3 is 2.16 bits per heavy atom. The quantitative estimate of drug-likeness (QED) is 0.688. The predicted molar refractivity (Wildman–Crippen MR) is 85.9 cm³/mol. The van der Waals surface area contributed by atoms with Gasteiger partial charge in [-0.05, 0) is 23.7 Å². The molecule has 5 heteroatoms. The molecule has 0 saturated heterocycles. The molecule has 0 aliphatic carbocycles. The van der Waals surface area contributed by atoms with Crippen LogP contribution in [-0.2, 0) is 21.9 Å². The summed E-state index contributed by atoms with van der Waals surface area (Å²) in [6.07, 6.45) is -0.440. The van der Waals surface area contributed by atoms with Crippen molar-refractivity contribution >= 4 is 31.9 Å². The molecule has 0 heterocycles. The molecule has 0 bridgehead atoms. The molecule has 0 saturated carbocycles. The molecule has 0 amide bonds. The lowest BCUT2D eigenvalue weighted by atomic mass is 10.1. The molecule has 1 rings (SSSR count). The van der Waals surface area contributed by atoms with E-state index in [1.54, 1.807) is 7.11 Å². The van der Waals surface area contributed by atoms with E-state index < -0.39 is 6.10 Å². The number of alkyl halides is 2. The van der Waals surface area contributed by atoms with Gasteiger partial charge in [-0.25, -0.2) is 0 Å². The van der Waals surface area contributed by atoms with Crippen LogP contribution in [0.15, 0.2) is 18.2 Å². The van der Waals surface area contributed by atoms with Crippen LogP contribution in [0.1, 0.15) is 16.7 Å². The average Bonchev–Trinajstić information content (AvgIpc) is 2.38. The van der Waals surface area contributed by atoms with E-state index in [4.69, 9.17) is 4.74 Å². The third-order valence-electron chi connectivity index (χ3n) is 2.75. The molecule has 0 spiro atoms. The zero-order valence-corrected chi connectivity index (χ0v) is 14.6. The molecule has 1 atom stereocenters. The van der Waals surface area contributed by atoms with E-state index in [9.17, 15) is 5.11 Å². The van der Waals surface area contributed by atoms with E-state index >= 15 is 0 Å². The number of aliphatic hydroxyl groups excluding tert-OH is 1. The number of rotatable bonds is 8. The SMILES string of the molecule is COCC(O)CN(C)Cc1cc(CBr)cc(CBr)c1. The maximum atomic E-state index is 9.72. The first-order chi connectivity index (χ1) is 9.08. The van der Waals surface area contributed by atoms with Crippen molar-refractivity contribution in [2.45, 2.75) is 23.3 Å². The predicted octanol–water partition coefficient (Wildman–Crippen LogP) is 2.92. The summed E-state index contributed by atoms with van der Waals surface area (Å²) in [6, 6.07) is 6.58. The van der Waals surface area contributed by atoms with E-state index in [0.717, 1.165) is 17.2 Å². The Balaban J connectivity index is 2.64. The van der Waals surface area contributed by atoms with Gasteiger partial charge in [0, 0.05) is 30.9 Å². The van der Waals surface area contributed by atoms with Gasteiger partial charge in [-0.1, -0.05) is 50.1 Å². The molecule has 0 radical (unpaired) electrons. The van der Waals surface area contributed by atoms with Gasteiger partial charge in [0.05, 0.1) is 12.7 Å². The van der Waals surface area contributed by atoms with E-state index in [1.165, 1.54) is 16.7 Å². The van der Waals surface area contributed by atoms with E-state index in [-0.39, 0.29) is 0 Å². The van der Waals surface area contributed by atoms with Gasteiger partial charge in [-0.15, -0.1) is 0 Å². The fourth-order valence-electron chi connectivity index (χ4n) is 2.07. The van der Waals surface area contributed by atoms with Gasteiger partial charge >= 0.3 is 0 Å². The summed E-state index contributed by atoms with van der Waals surface area (Å²) < 4.78 is 4.94. The monoisotopic (exact) mass is 393 g/mol. The van der Waals surface area contributed by atoms with Crippen molar-refractivity contribution in [3.05, 3.63) is 34.9 Å². The number of methoxy groups -OCH3 is 1. The number of ether oxygens (including phenoxy) is 1. The Hall–Kier alpha value is 0.0600. The zero-order valence-electron chi connectivity index (χ0n) is 11.4. The Labute approximate surface area is 132 Å². The van der Waals surface area contributed by atoms with Crippen LogP contribution in [0.4, 0.5) is 0 Å². The minimum atomic E-state index is -0.440. The number of aliphatic hydroxyl groups is 1. The standard InChI is InChI=1S/C14H21Br2NO2/c1-17(9-14(18)10-19-2)8-13-4-11(6-15)3-12(5-13)7-16/h3-5,14,18H,6-10H2,1-2H3. The van der Waals surface area contributed by atoms with Crippen molar-refractivity contribution < 1.29 is 9.84 Å². The minimum Gasteiger partial charge on any atom is -0.389 e. The van der Waals surface area contributed by atoms with Gasteiger partial charge in [0.2, 0.25) is 0 Å². The summed E-state index contributed by atoms with van der Waals surface area (Å²) in [5, 5.41) is 11.4. The van der Waals surface area contributed by atoms with Crippen molar-refractivity contribution in [2.24, 2.45) is 0 Å². The number of hydrogen-bond donors (Lipinski definition) is 1. The topological polar surface area (TPSA) is 32.7 Å². The maximum absolute atomic E-state index is 9.72. The Kier molecular flexibility index (Phi) is 8.18. The molecular formula is C14H21Br2NO2. The second kappa shape index (κ2) is 9.08.